The molecular weight excluding hydrogens is 368 g/mol. The normalized spacial score (nSPS) is 18.7. The minimum Gasteiger partial charge on any atom is -0.507 e. The molecule has 2 aromatic rings. The van der Waals surface area contributed by atoms with Crippen molar-refractivity contribution in [2.75, 3.05) is 39.8 Å². The Hall–Kier alpha value is -2.83. The van der Waals surface area contributed by atoms with Crippen molar-refractivity contribution < 1.29 is 19.4 Å². The number of hydrogen-bond acceptors (Lipinski definition) is 6. The van der Waals surface area contributed by atoms with E-state index in [1.807, 2.05) is 24.3 Å². The molecule has 1 saturated heterocycles. The number of phenols is 1. The number of methoxy groups -OCH3 is 1. The zero-order chi connectivity index (χ0) is 20.4. The van der Waals surface area contributed by atoms with Crippen molar-refractivity contribution in [2.45, 2.75) is 13.5 Å². The lowest BCUT2D eigenvalue weighted by atomic mass is 10.0. The van der Waals surface area contributed by atoms with Crippen molar-refractivity contribution in [1.82, 2.24) is 9.80 Å². The van der Waals surface area contributed by atoms with E-state index < -0.39 is 0 Å². The molecule has 2 aliphatic heterocycles. The van der Waals surface area contributed by atoms with Crippen LogP contribution < -0.4 is 9.47 Å². The molecule has 1 N–H and O–H groups in total. The number of aromatic hydroxyl groups is 1. The van der Waals surface area contributed by atoms with Crippen LogP contribution in [0.3, 0.4) is 0 Å². The van der Waals surface area contributed by atoms with E-state index in [1.54, 1.807) is 25.3 Å². The van der Waals surface area contributed by atoms with Gasteiger partial charge in [-0.3, -0.25) is 9.69 Å². The minimum atomic E-state index is -0.159. The first-order valence-corrected chi connectivity index (χ1v) is 9.97. The minimum absolute atomic E-state index is 0.159. The van der Waals surface area contributed by atoms with Gasteiger partial charge in [0.05, 0.1) is 18.2 Å². The summed E-state index contributed by atoms with van der Waals surface area (Å²) in [5.41, 5.74) is 2.03. The number of benzene rings is 2. The zero-order valence-electron chi connectivity index (χ0n) is 16.9. The first kappa shape index (κ1) is 19.5. The molecule has 2 heterocycles. The fourth-order valence-corrected chi connectivity index (χ4v) is 3.79. The number of phenolic OH excluding ortho intramolecular Hbond substituents is 1. The van der Waals surface area contributed by atoms with Gasteiger partial charge < -0.3 is 19.5 Å². The second-order valence-corrected chi connectivity index (χ2v) is 7.36. The van der Waals surface area contributed by atoms with Crippen molar-refractivity contribution in [3.05, 3.63) is 58.8 Å². The molecular formula is C23H26N2O4. The number of carbonyl (C=O) groups is 1. The Bertz CT molecular complexity index is 929. The molecule has 0 bridgehead atoms. The highest BCUT2D eigenvalue weighted by molar-refractivity contribution is 6.15. The number of allylic oxidation sites excluding steroid dienone is 1. The second kappa shape index (κ2) is 8.27. The Kier molecular flexibility index (Phi) is 5.56. The Balaban J connectivity index is 1.57. The SMILES string of the molecule is CCN1CCN(Cc2c(O)ccc3c2OC(=Cc2ccc(OC)cc2)C3=O)CC1. The topological polar surface area (TPSA) is 62.2 Å². The number of fused-ring (bicyclic) bond motifs is 1. The van der Waals surface area contributed by atoms with Crippen molar-refractivity contribution in [3.63, 3.8) is 0 Å². The highest BCUT2D eigenvalue weighted by Gasteiger charge is 2.32. The summed E-state index contributed by atoms with van der Waals surface area (Å²) in [5, 5.41) is 10.5. The number of ether oxygens (including phenoxy) is 2. The van der Waals surface area contributed by atoms with Gasteiger partial charge in [0.1, 0.15) is 17.2 Å². The summed E-state index contributed by atoms with van der Waals surface area (Å²) >= 11 is 0. The van der Waals surface area contributed by atoms with E-state index in [4.69, 9.17) is 9.47 Å². The molecule has 2 aromatic carbocycles. The van der Waals surface area contributed by atoms with Gasteiger partial charge in [0, 0.05) is 32.7 Å². The van der Waals surface area contributed by atoms with Crippen LogP contribution >= 0.6 is 0 Å². The molecule has 29 heavy (non-hydrogen) atoms. The van der Waals surface area contributed by atoms with Gasteiger partial charge in [-0.15, -0.1) is 0 Å². The molecule has 6 nitrogen and oxygen atoms in total. The first-order chi connectivity index (χ1) is 14.1. The van der Waals surface area contributed by atoms with E-state index in [-0.39, 0.29) is 17.3 Å². The number of Topliss-reactive ketones (excluding diaryl/α,β-unsaturated/α-hetero) is 1. The number of hydrogen-bond donors (Lipinski definition) is 1. The van der Waals surface area contributed by atoms with Crippen LogP contribution in [0.5, 0.6) is 17.2 Å². The molecule has 0 aliphatic carbocycles. The third-order valence-electron chi connectivity index (χ3n) is 5.62. The molecule has 2 aliphatic rings. The van der Waals surface area contributed by atoms with Crippen molar-refractivity contribution in [3.8, 4) is 17.2 Å². The molecule has 152 valence electrons. The Labute approximate surface area is 171 Å². The lowest BCUT2D eigenvalue weighted by Crippen LogP contribution is -2.45. The van der Waals surface area contributed by atoms with E-state index in [0.717, 1.165) is 44.0 Å². The number of piperazine rings is 1. The lowest BCUT2D eigenvalue weighted by Gasteiger charge is -2.34. The summed E-state index contributed by atoms with van der Waals surface area (Å²) in [4.78, 5) is 17.5. The highest BCUT2D eigenvalue weighted by atomic mass is 16.5. The molecule has 0 unspecified atom stereocenters. The van der Waals surface area contributed by atoms with E-state index in [1.165, 1.54) is 0 Å². The number of carbonyl (C=O) groups excluding carboxylic acids is 1. The molecule has 4 rings (SSSR count). The van der Waals surface area contributed by atoms with E-state index in [0.29, 0.717) is 23.4 Å². The Morgan fingerprint density at radius 2 is 1.76 bits per heavy atom. The number of rotatable bonds is 5. The molecule has 0 spiro atoms. The molecule has 0 saturated carbocycles. The molecule has 0 atom stereocenters. The van der Waals surface area contributed by atoms with Gasteiger partial charge in [0.15, 0.2) is 5.76 Å². The largest absolute Gasteiger partial charge is 0.507 e. The van der Waals surface area contributed by atoms with Crippen molar-refractivity contribution in [1.29, 1.82) is 0 Å². The zero-order valence-corrected chi connectivity index (χ0v) is 16.9. The maximum atomic E-state index is 12.8. The summed E-state index contributed by atoms with van der Waals surface area (Å²) in [7, 11) is 1.61. The number of nitrogens with zero attached hydrogens (tertiary/aromatic N) is 2. The maximum absolute atomic E-state index is 12.8. The lowest BCUT2D eigenvalue weighted by molar-refractivity contribution is 0.101. The van der Waals surface area contributed by atoms with Gasteiger partial charge >= 0.3 is 0 Å². The molecule has 0 amide bonds. The van der Waals surface area contributed by atoms with E-state index in [2.05, 4.69) is 16.7 Å². The summed E-state index contributed by atoms with van der Waals surface area (Å²) in [5.74, 6) is 1.51. The van der Waals surface area contributed by atoms with Gasteiger partial charge in [0.25, 0.3) is 0 Å². The third-order valence-corrected chi connectivity index (χ3v) is 5.62. The van der Waals surface area contributed by atoms with Gasteiger partial charge in [-0.25, -0.2) is 0 Å². The van der Waals surface area contributed by atoms with Crippen LogP contribution in [0.1, 0.15) is 28.4 Å². The number of likely N-dealkylation sites (N-methyl/N-ethyl adjacent to an activating group) is 1. The van der Waals surface area contributed by atoms with E-state index in [9.17, 15) is 9.90 Å². The summed E-state index contributed by atoms with van der Waals surface area (Å²) < 4.78 is 11.1. The predicted molar refractivity (Wildman–Crippen MR) is 111 cm³/mol. The van der Waals surface area contributed by atoms with Crippen LogP contribution in [-0.2, 0) is 6.54 Å². The smallest absolute Gasteiger partial charge is 0.231 e. The average Bonchev–Trinajstić information content (AvgIpc) is 3.07. The van der Waals surface area contributed by atoms with Crippen LogP contribution in [0.15, 0.2) is 42.2 Å². The third kappa shape index (κ3) is 3.99. The number of ketones is 1. The fourth-order valence-electron chi connectivity index (χ4n) is 3.79. The van der Waals surface area contributed by atoms with Crippen molar-refractivity contribution >= 4 is 11.9 Å². The first-order valence-electron chi connectivity index (χ1n) is 9.97. The maximum Gasteiger partial charge on any atom is 0.231 e. The van der Waals surface area contributed by atoms with Crippen LogP contribution in [0.4, 0.5) is 0 Å². The standard InChI is InChI=1S/C23H26N2O4/c1-3-24-10-12-25(13-11-24)15-19-20(26)9-8-18-22(27)21(29-23(18)19)14-16-4-6-17(28-2)7-5-16/h4-9,14,26H,3,10-13,15H2,1-2H3. The summed E-state index contributed by atoms with van der Waals surface area (Å²) in [6, 6.07) is 10.7. The quantitative estimate of drug-likeness (QED) is 0.786. The molecule has 6 heteroatoms. The predicted octanol–water partition coefficient (Wildman–Crippen LogP) is 3.15. The Morgan fingerprint density at radius 1 is 1.07 bits per heavy atom. The highest BCUT2D eigenvalue weighted by Crippen LogP contribution is 2.40. The second-order valence-electron chi connectivity index (χ2n) is 7.36. The molecule has 0 radical (unpaired) electrons. The van der Waals surface area contributed by atoms with Crippen LogP contribution in [0, 0.1) is 0 Å². The Morgan fingerprint density at radius 3 is 2.41 bits per heavy atom. The van der Waals surface area contributed by atoms with Gasteiger partial charge in [-0.05, 0) is 42.4 Å². The molecule has 0 aromatic heterocycles. The van der Waals surface area contributed by atoms with Gasteiger partial charge in [0.2, 0.25) is 5.78 Å². The van der Waals surface area contributed by atoms with Crippen LogP contribution in [0.25, 0.3) is 6.08 Å². The van der Waals surface area contributed by atoms with E-state index >= 15 is 0 Å². The van der Waals surface area contributed by atoms with Crippen LogP contribution in [0.2, 0.25) is 0 Å². The average molecular weight is 394 g/mol. The van der Waals surface area contributed by atoms with Crippen molar-refractivity contribution in [2.24, 2.45) is 0 Å². The summed E-state index contributed by atoms with van der Waals surface area (Å²) in [6.45, 7) is 7.66. The van der Waals surface area contributed by atoms with Gasteiger partial charge in [-0.2, -0.15) is 0 Å². The van der Waals surface area contributed by atoms with Crippen LogP contribution in [-0.4, -0.2) is 60.5 Å². The van der Waals surface area contributed by atoms with Gasteiger partial charge in [-0.1, -0.05) is 19.1 Å². The molecule has 1 fully saturated rings. The summed E-state index contributed by atoms with van der Waals surface area (Å²) in [6.07, 6.45) is 1.72. The fraction of sp³-hybridized carbons (Fsp3) is 0.348. The monoisotopic (exact) mass is 394 g/mol.